The molecule has 39 heavy (non-hydrogen) atoms. The van der Waals surface area contributed by atoms with E-state index in [0.717, 1.165) is 12.8 Å². The summed E-state index contributed by atoms with van der Waals surface area (Å²) in [5, 5.41) is 12.8. The van der Waals surface area contributed by atoms with Crippen molar-refractivity contribution in [2.24, 2.45) is 11.8 Å². The number of rotatable bonds is 15. The van der Waals surface area contributed by atoms with E-state index < -0.39 is 47.7 Å². The zero-order valence-corrected chi connectivity index (χ0v) is 23.8. The lowest BCUT2D eigenvalue weighted by molar-refractivity contribution is -0.160. The SMILES string of the molecule is C=CCCC(=O)NC[C@H](C)OC(=O)[C@@H]1[C@H]2C(=O)N([C@H](C)CO)[C@H](C(=O)N(CC=C)C(C)CCC)[C@]23CC[C@H]1O3. The monoisotopic (exact) mass is 547 g/mol. The molecule has 0 aromatic rings. The highest BCUT2D eigenvalue weighted by atomic mass is 16.6. The summed E-state index contributed by atoms with van der Waals surface area (Å²) < 4.78 is 12.1. The number of likely N-dealkylation sites (tertiary alicyclic amines) is 1. The number of hydrogen-bond donors (Lipinski definition) is 2. The van der Waals surface area contributed by atoms with E-state index in [1.165, 1.54) is 4.90 Å². The van der Waals surface area contributed by atoms with Crippen molar-refractivity contribution in [2.45, 2.75) is 102 Å². The first-order valence-corrected chi connectivity index (χ1v) is 14.2. The molecule has 8 atom stereocenters. The maximum atomic E-state index is 14.2. The lowest BCUT2D eigenvalue weighted by Gasteiger charge is -2.40. The summed E-state index contributed by atoms with van der Waals surface area (Å²) in [5.41, 5.74) is -1.17. The zero-order valence-electron chi connectivity index (χ0n) is 23.8. The van der Waals surface area contributed by atoms with Crippen molar-refractivity contribution in [1.29, 1.82) is 0 Å². The number of aliphatic hydroxyl groups is 1. The van der Waals surface area contributed by atoms with Crippen molar-refractivity contribution in [3.63, 3.8) is 0 Å². The number of amides is 3. The lowest BCUT2D eigenvalue weighted by Crippen LogP contribution is -2.59. The van der Waals surface area contributed by atoms with Crippen LogP contribution in [0.5, 0.6) is 0 Å². The van der Waals surface area contributed by atoms with E-state index in [9.17, 15) is 24.3 Å². The van der Waals surface area contributed by atoms with Gasteiger partial charge in [-0.1, -0.05) is 25.5 Å². The van der Waals surface area contributed by atoms with Crippen LogP contribution in [0.1, 0.15) is 66.2 Å². The van der Waals surface area contributed by atoms with Gasteiger partial charge >= 0.3 is 5.97 Å². The second kappa shape index (κ2) is 13.1. The Balaban J connectivity index is 1.86. The normalized spacial score (nSPS) is 29.4. The number of carbonyl (C=O) groups is 4. The fraction of sp³-hybridized carbons (Fsp3) is 0.724. The molecule has 0 saturated carbocycles. The molecular weight excluding hydrogens is 502 g/mol. The number of allylic oxidation sites excluding steroid dienone is 1. The molecule has 3 aliphatic rings. The number of esters is 1. The number of carbonyl (C=O) groups excluding carboxylic acids is 4. The van der Waals surface area contributed by atoms with Crippen LogP contribution in [-0.2, 0) is 28.7 Å². The molecule has 10 nitrogen and oxygen atoms in total. The fourth-order valence-electron chi connectivity index (χ4n) is 6.45. The molecule has 10 heteroatoms. The van der Waals surface area contributed by atoms with Gasteiger partial charge < -0.3 is 29.7 Å². The first-order chi connectivity index (χ1) is 18.6. The van der Waals surface area contributed by atoms with E-state index in [4.69, 9.17) is 9.47 Å². The Hall–Kier alpha value is -2.72. The predicted molar refractivity (Wildman–Crippen MR) is 145 cm³/mol. The van der Waals surface area contributed by atoms with Gasteiger partial charge in [-0.2, -0.15) is 0 Å². The minimum absolute atomic E-state index is 0.0840. The van der Waals surface area contributed by atoms with Gasteiger partial charge in [-0.25, -0.2) is 0 Å². The molecule has 0 radical (unpaired) electrons. The van der Waals surface area contributed by atoms with E-state index in [2.05, 4.69) is 18.5 Å². The van der Waals surface area contributed by atoms with Crippen LogP contribution in [0.2, 0.25) is 0 Å². The zero-order chi connectivity index (χ0) is 28.9. The Labute approximate surface area is 231 Å². The lowest BCUT2D eigenvalue weighted by atomic mass is 9.70. The molecule has 3 saturated heterocycles. The molecule has 3 fully saturated rings. The standard InChI is InChI=1S/C29H45N3O7/c1-7-10-12-22(34)30-16-20(6)38-28(37)23-21-13-14-29(39-21)24(23)26(35)32(19(5)17-33)25(29)27(36)31(15-9-3)18(4)11-8-2/h7,9,18-21,23-25,33H,1,3,8,10-17H2,2,4-6H3,(H,30,34)/t18?,19-,20+,21-,23+,24+,25-,29+/m1/s1. The Morgan fingerprint density at radius 2 is 2.00 bits per heavy atom. The third kappa shape index (κ3) is 5.91. The highest BCUT2D eigenvalue weighted by Gasteiger charge is 2.75. The molecule has 2 bridgehead atoms. The second-order valence-corrected chi connectivity index (χ2v) is 11.1. The first kappa shape index (κ1) is 30.8. The molecule has 0 aromatic heterocycles. The maximum absolute atomic E-state index is 14.2. The summed E-state index contributed by atoms with van der Waals surface area (Å²) in [7, 11) is 0. The van der Waals surface area contributed by atoms with Crippen molar-refractivity contribution >= 4 is 23.7 Å². The van der Waals surface area contributed by atoms with Crippen LogP contribution in [0.3, 0.4) is 0 Å². The molecule has 1 spiro atoms. The quantitative estimate of drug-likeness (QED) is 0.237. The number of fused-ring (bicyclic) bond motifs is 1. The summed E-state index contributed by atoms with van der Waals surface area (Å²) in [5.74, 6) is -3.10. The molecular formula is C29H45N3O7. The topological polar surface area (TPSA) is 125 Å². The van der Waals surface area contributed by atoms with Crippen molar-refractivity contribution < 1.29 is 33.8 Å². The third-order valence-electron chi connectivity index (χ3n) is 8.31. The van der Waals surface area contributed by atoms with Crippen LogP contribution in [0.25, 0.3) is 0 Å². The van der Waals surface area contributed by atoms with E-state index in [1.54, 1.807) is 30.9 Å². The summed E-state index contributed by atoms with van der Waals surface area (Å²) >= 11 is 0. The Morgan fingerprint density at radius 1 is 1.28 bits per heavy atom. The van der Waals surface area contributed by atoms with Gasteiger partial charge in [0, 0.05) is 19.0 Å². The molecule has 1 unspecified atom stereocenters. The number of nitrogens with zero attached hydrogens (tertiary/aromatic N) is 2. The molecule has 0 aliphatic carbocycles. The van der Waals surface area contributed by atoms with Gasteiger partial charge in [-0.05, 0) is 46.5 Å². The van der Waals surface area contributed by atoms with E-state index in [1.807, 2.05) is 13.8 Å². The van der Waals surface area contributed by atoms with Crippen LogP contribution in [0.15, 0.2) is 25.3 Å². The predicted octanol–water partition coefficient (Wildman–Crippen LogP) is 1.96. The third-order valence-corrected chi connectivity index (χ3v) is 8.31. The fourth-order valence-corrected chi connectivity index (χ4v) is 6.45. The molecule has 0 aromatic carbocycles. The summed E-state index contributed by atoms with van der Waals surface area (Å²) in [4.78, 5) is 56.7. The van der Waals surface area contributed by atoms with E-state index in [0.29, 0.717) is 32.2 Å². The Morgan fingerprint density at radius 3 is 2.62 bits per heavy atom. The minimum Gasteiger partial charge on any atom is -0.460 e. The summed E-state index contributed by atoms with van der Waals surface area (Å²) in [6.07, 6.45) is 5.68. The average Bonchev–Trinajstić information content (AvgIpc) is 3.55. The van der Waals surface area contributed by atoms with Gasteiger partial charge in [-0.15, -0.1) is 13.2 Å². The van der Waals surface area contributed by atoms with Gasteiger partial charge in [0.05, 0.1) is 37.1 Å². The minimum atomic E-state index is -1.17. The molecule has 3 heterocycles. The van der Waals surface area contributed by atoms with Crippen molar-refractivity contribution in [2.75, 3.05) is 19.7 Å². The van der Waals surface area contributed by atoms with Crippen molar-refractivity contribution in [1.82, 2.24) is 15.1 Å². The molecule has 2 N–H and O–H groups in total. The summed E-state index contributed by atoms with van der Waals surface area (Å²) in [6, 6.07) is -1.68. The average molecular weight is 548 g/mol. The number of hydrogen-bond acceptors (Lipinski definition) is 7. The van der Waals surface area contributed by atoms with Gasteiger partial charge in [0.15, 0.2) is 0 Å². The number of ether oxygens (including phenoxy) is 2. The van der Waals surface area contributed by atoms with Gasteiger partial charge in [0.1, 0.15) is 17.7 Å². The van der Waals surface area contributed by atoms with Crippen LogP contribution < -0.4 is 5.32 Å². The maximum Gasteiger partial charge on any atom is 0.312 e. The van der Waals surface area contributed by atoms with Gasteiger partial charge in [0.25, 0.3) is 0 Å². The smallest absolute Gasteiger partial charge is 0.312 e. The summed E-state index contributed by atoms with van der Waals surface area (Å²) in [6.45, 7) is 14.9. The van der Waals surface area contributed by atoms with Crippen molar-refractivity contribution in [3.05, 3.63) is 25.3 Å². The van der Waals surface area contributed by atoms with Gasteiger partial charge in [-0.3, -0.25) is 19.2 Å². The van der Waals surface area contributed by atoms with E-state index in [-0.39, 0.29) is 36.9 Å². The molecule has 218 valence electrons. The first-order valence-electron chi connectivity index (χ1n) is 14.2. The van der Waals surface area contributed by atoms with Gasteiger partial charge in [0.2, 0.25) is 17.7 Å². The van der Waals surface area contributed by atoms with Crippen molar-refractivity contribution in [3.8, 4) is 0 Å². The Kier molecular flexibility index (Phi) is 10.3. The highest BCUT2D eigenvalue weighted by molar-refractivity contribution is 5.98. The largest absolute Gasteiger partial charge is 0.460 e. The molecule has 3 aliphatic heterocycles. The van der Waals surface area contributed by atoms with Crippen LogP contribution in [-0.4, -0.2) is 94.2 Å². The number of nitrogens with one attached hydrogen (secondary N) is 1. The van der Waals surface area contributed by atoms with Crippen LogP contribution in [0.4, 0.5) is 0 Å². The second-order valence-electron chi connectivity index (χ2n) is 11.1. The molecule has 3 rings (SSSR count). The van der Waals surface area contributed by atoms with E-state index >= 15 is 0 Å². The Bertz CT molecular complexity index is 955. The van der Waals surface area contributed by atoms with Crippen LogP contribution >= 0.6 is 0 Å². The molecule has 3 amide bonds. The number of aliphatic hydroxyl groups excluding tert-OH is 1. The highest BCUT2D eigenvalue weighted by Crippen LogP contribution is 2.59. The van der Waals surface area contributed by atoms with Crippen LogP contribution in [0, 0.1) is 11.8 Å².